The van der Waals surface area contributed by atoms with E-state index < -0.39 is 0 Å². The van der Waals surface area contributed by atoms with Gasteiger partial charge in [0.2, 0.25) is 5.89 Å². The lowest BCUT2D eigenvalue weighted by molar-refractivity contribution is 0.371. The number of thiophene rings is 1. The molecule has 0 aliphatic rings. The highest BCUT2D eigenvalue weighted by Gasteiger charge is 2.22. The summed E-state index contributed by atoms with van der Waals surface area (Å²) in [7, 11) is 0. The van der Waals surface area contributed by atoms with E-state index in [0.717, 1.165) is 4.88 Å². The SMILES string of the molecule is NCc1nc([C@@H](c2cccs2)n2cccc2)no1. The Morgan fingerprint density at radius 1 is 1.33 bits per heavy atom. The van der Waals surface area contributed by atoms with E-state index in [1.165, 1.54) is 0 Å². The molecule has 0 saturated heterocycles. The summed E-state index contributed by atoms with van der Waals surface area (Å²) in [5.74, 6) is 1.09. The van der Waals surface area contributed by atoms with Crippen LogP contribution in [0.15, 0.2) is 46.6 Å². The molecule has 1 atom stereocenters. The standard InChI is InChI=1S/C12H12N4OS/c13-8-10-14-12(15-17-10)11(9-4-3-7-18-9)16-5-1-2-6-16/h1-7,11H,8,13H2/t11-/m1/s1. The van der Waals surface area contributed by atoms with Gasteiger partial charge in [-0.15, -0.1) is 11.3 Å². The van der Waals surface area contributed by atoms with Crippen molar-refractivity contribution in [2.75, 3.05) is 0 Å². The molecule has 0 spiro atoms. The Morgan fingerprint density at radius 3 is 2.78 bits per heavy atom. The third-order valence-corrected chi connectivity index (χ3v) is 3.57. The van der Waals surface area contributed by atoms with Crippen molar-refractivity contribution in [3.63, 3.8) is 0 Å². The van der Waals surface area contributed by atoms with Crippen molar-refractivity contribution in [3.05, 3.63) is 58.6 Å². The predicted molar refractivity (Wildman–Crippen MR) is 68.2 cm³/mol. The molecule has 0 bridgehead atoms. The van der Waals surface area contributed by atoms with Crippen LogP contribution in [-0.4, -0.2) is 14.7 Å². The number of aromatic nitrogens is 3. The molecule has 3 rings (SSSR count). The van der Waals surface area contributed by atoms with Crippen molar-refractivity contribution in [2.45, 2.75) is 12.6 Å². The first-order valence-corrected chi connectivity index (χ1v) is 6.45. The molecule has 18 heavy (non-hydrogen) atoms. The minimum Gasteiger partial charge on any atom is -0.339 e. The molecule has 0 aromatic carbocycles. The quantitative estimate of drug-likeness (QED) is 0.779. The fourth-order valence-electron chi connectivity index (χ4n) is 1.84. The molecule has 0 unspecified atom stereocenters. The third-order valence-electron chi connectivity index (χ3n) is 2.64. The van der Waals surface area contributed by atoms with E-state index in [-0.39, 0.29) is 12.6 Å². The van der Waals surface area contributed by atoms with Gasteiger partial charge >= 0.3 is 0 Å². The Balaban J connectivity index is 2.05. The maximum atomic E-state index is 5.50. The molecule has 0 aliphatic heterocycles. The monoisotopic (exact) mass is 260 g/mol. The summed E-state index contributed by atoms with van der Waals surface area (Å²) in [5, 5.41) is 6.06. The van der Waals surface area contributed by atoms with Crippen LogP contribution in [0.4, 0.5) is 0 Å². The topological polar surface area (TPSA) is 69.9 Å². The number of nitrogens with zero attached hydrogens (tertiary/aromatic N) is 3. The van der Waals surface area contributed by atoms with Crippen molar-refractivity contribution in [1.82, 2.24) is 14.7 Å². The summed E-state index contributed by atoms with van der Waals surface area (Å²) < 4.78 is 7.15. The summed E-state index contributed by atoms with van der Waals surface area (Å²) in [6.45, 7) is 0.260. The minimum atomic E-state index is -0.0518. The van der Waals surface area contributed by atoms with Crippen molar-refractivity contribution in [3.8, 4) is 0 Å². The van der Waals surface area contributed by atoms with Gasteiger partial charge < -0.3 is 14.8 Å². The summed E-state index contributed by atoms with van der Waals surface area (Å²) >= 11 is 1.67. The maximum absolute atomic E-state index is 5.50. The second-order valence-corrected chi connectivity index (χ2v) is 4.78. The highest BCUT2D eigenvalue weighted by molar-refractivity contribution is 7.10. The number of hydrogen-bond acceptors (Lipinski definition) is 5. The van der Waals surface area contributed by atoms with E-state index in [9.17, 15) is 0 Å². The van der Waals surface area contributed by atoms with Crippen molar-refractivity contribution in [2.24, 2.45) is 5.73 Å². The van der Waals surface area contributed by atoms with Gasteiger partial charge in [-0.05, 0) is 23.6 Å². The van der Waals surface area contributed by atoms with Crippen LogP contribution >= 0.6 is 11.3 Å². The van der Waals surface area contributed by atoms with Gasteiger partial charge in [-0.25, -0.2) is 0 Å². The fourth-order valence-corrected chi connectivity index (χ4v) is 2.66. The van der Waals surface area contributed by atoms with Crippen LogP contribution in [0, 0.1) is 0 Å². The molecule has 0 fully saturated rings. The molecule has 92 valence electrons. The first kappa shape index (κ1) is 11.2. The minimum absolute atomic E-state index is 0.0518. The van der Waals surface area contributed by atoms with Crippen LogP contribution in [0.3, 0.4) is 0 Å². The average Bonchev–Trinajstić information content (AvgIpc) is 3.13. The fraction of sp³-hybridized carbons (Fsp3) is 0.167. The van der Waals surface area contributed by atoms with Crippen molar-refractivity contribution < 1.29 is 4.52 Å². The van der Waals surface area contributed by atoms with E-state index in [1.54, 1.807) is 11.3 Å². The lowest BCUT2D eigenvalue weighted by Crippen LogP contribution is -2.11. The largest absolute Gasteiger partial charge is 0.339 e. The average molecular weight is 260 g/mol. The predicted octanol–water partition coefficient (Wildman–Crippen LogP) is 2.03. The summed E-state index contributed by atoms with van der Waals surface area (Å²) in [6, 6.07) is 7.98. The van der Waals surface area contributed by atoms with Crippen molar-refractivity contribution in [1.29, 1.82) is 0 Å². The summed E-state index contributed by atoms with van der Waals surface area (Å²) in [4.78, 5) is 5.49. The highest BCUT2D eigenvalue weighted by Crippen LogP contribution is 2.28. The van der Waals surface area contributed by atoms with E-state index >= 15 is 0 Å². The maximum Gasteiger partial charge on any atom is 0.240 e. The van der Waals surface area contributed by atoms with Gasteiger partial charge in [0.15, 0.2) is 5.82 Å². The van der Waals surface area contributed by atoms with Crippen LogP contribution in [0.1, 0.15) is 22.6 Å². The zero-order chi connectivity index (χ0) is 12.4. The molecule has 2 N–H and O–H groups in total. The Hall–Kier alpha value is -1.92. The van der Waals surface area contributed by atoms with E-state index in [4.69, 9.17) is 10.3 Å². The Morgan fingerprint density at radius 2 is 2.17 bits per heavy atom. The van der Waals surface area contributed by atoms with Crippen LogP contribution in [0.25, 0.3) is 0 Å². The van der Waals surface area contributed by atoms with Gasteiger partial charge in [0.05, 0.1) is 6.54 Å². The first-order chi connectivity index (χ1) is 8.88. The van der Waals surface area contributed by atoms with E-state index in [2.05, 4.69) is 20.8 Å². The van der Waals surface area contributed by atoms with Crippen LogP contribution < -0.4 is 5.73 Å². The first-order valence-electron chi connectivity index (χ1n) is 5.57. The van der Waals surface area contributed by atoms with Crippen molar-refractivity contribution >= 4 is 11.3 Å². The summed E-state index contributed by atoms with van der Waals surface area (Å²) in [6.07, 6.45) is 3.98. The Bertz CT molecular complexity index is 566. The smallest absolute Gasteiger partial charge is 0.240 e. The molecular formula is C12H12N4OS. The molecule has 0 saturated carbocycles. The Kier molecular flexibility index (Phi) is 2.95. The Labute approximate surface area is 108 Å². The lowest BCUT2D eigenvalue weighted by atomic mass is 10.2. The van der Waals surface area contributed by atoms with Crippen LogP contribution in [0.5, 0.6) is 0 Å². The van der Waals surface area contributed by atoms with Gasteiger partial charge in [-0.3, -0.25) is 0 Å². The number of hydrogen-bond donors (Lipinski definition) is 1. The van der Waals surface area contributed by atoms with Crippen LogP contribution in [-0.2, 0) is 6.54 Å². The molecule has 0 aliphatic carbocycles. The second kappa shape index (κ2) is 4.75. The van der Waals surface area contributed by atoms with Gasteiger partial charge in [0, 0.05) is 17.3 Å². The molecule has 3 aromatic heterocycles. The molecule has 0 amide bonds. The zero-order valence-electron chi connectivity index (χ0n) is 9.56. The number of nitrogens with two attached hydrogens (primary N) is 1. The molecule has 0 radical (unpaired) electrons. The summed E-state index contributed by atoms with van der Waals surface area (Å²) in [5.41, 5.74) is 5.50. The molecule has 3 heterocycles. The second-order valence-electron chi connectivity index (χ2n) is 3.80. The third kappa shape index (κ3) is 1.96. The molecule has 3 aromatic rings. The van der Waals surface area contributed by atoms with Gasteiger partial charge in [-0.1, -0.05) is 11.2 Å². The number of rotatable bonds is 4. The lowest BCUT2D eigenvalue weighted by Gasteiger charge is -2.13. The van der Waals surface area contributed by atoms with Gasteiger partial charge in [0.1, 0.15) is 6.04 Å². The molecule has 6 heteroatoms. The van der Waals surface area contributed by atoms with E-state index in [1.807, 2.05) is 36.0 Å². The van der Waals surface area contributed by atoms with Gasteiger partial charge in [0.25, 0.3) is 0 Å². The van der Waals surface area contributed by atoms with Crippen LogP contribution in [0.2, 0.25) is 0 Å². The van der Waals surface area contributed by atoms with E-state index in [0.29, 0.717) is 11.7 Å². The normalized spacial score (nSPS) is 12.7. The highest BCUT2D eigenvalue weighted by atomic mass is 32.1. The molecular weight excluding hydrogens is 248 g/mol. The van der Waals surface area contributed by atoms with Gasteiger partial charge in [-0.2, -0.15) is 4.98 Å². The molecule has 5 nitrogen and oxygen atoms in total. The zero-order valence-corrected chi connectivity index (χ0v) is 10.4.